The van der Waals surface area contributed by atoms with Crippen molar-refractivity contribution in [1.29, 1.82) is 5.26 Å². The quantitative estimate of drug-likeness (QED) is 0.400. The van der Waals surface area contributed by atoms with Crippen LogP contribution in [0.25, 0.3) is 17.2 Å². The monoisotopic (exact) mass is 447 g/mol. The van der Waals surface area contributed by atoms with Crippen LogP contribution in [0.1, 0.15) is 68.6 Å². The Kier molecular flexibility index (Phi) is 15.7. The molecule has 0 atom stereocenters. The summed E-state index contributed by atoms with van der Waals surface area (Å²) in [5.41, 5.74) is 7.36. The minimum absolute atomic E-state index is 0.670. The Balaban J connectivity index is 0.000000989. The molecule has 1 aromatic heterocycles. The van der Waals surface area contributed by atoms with Gasteiger partial charge in [0.25, 0.3) is 0 Å². The van der Waals surface area contributed by atoms with Crippen LogP contribution >= 0.6 is 0 Å². The Hall–Kier alpha value is -3.16. The van der Waals surface area contributed by atoms with Crippen molar-refractivity contribution >= 4 is 6.08 Å². The molecular formula is C29H41N3O. The van der Waals surface area contributed by atoms with E-state index < -0.39 is 0 Å². The molecule has 1 heterocycles. The molecule has 178 valence electrons. The number of nitriles is 1. The maximum absolute atomic E-state index is 8.94. The maximum Gasteiger partial charge on any atom is 0.0991 e. The van der Waals surface area contributed by atoms with Crippen molar-refractivity contribution in [3.8, 4) is 17.2 Å². The summed E-state index contributed by atoms with van der Waals surface area (Å²) in [6.07, 6.45) is 4.48. The van der Waals surface area contributed by atoms with Crippen molar-refractivity contribution in [1.82, 2.24) is 9.78 Å². The van der Waals surface area contributed by atoms with E-state index in [0.717, 1.165) is 34.6 Å². The van der Waals surface area contributed by atoms with Gasteiger partial charge in [0, 0.05) is 25.5 Å². The molecule has 4 nitrogen and oxygen atoms in total. The molecule has 2 aromatic carbocycles. The van der Waals surface area contributed by atoms with E-state index in [1.54, 1.807) is 14.2 Å². The number of ether oxygens (including phenoxy) is 1. The molecule has 0 saturated heterocycles. The van der Waals surface area contributed by atoms with Gasteiger partial charge in [0.05, 0.1) is 23.9 Å². The van der Waals surface area contributed by atoms with E-state index in [1.807, 2.05) is 55.8 Å². The predicted molar refractivity (Wildman–Crippen MR) is 142 cm³/mol. The van der Waals surface area contributed by atoms with Crippen LogP contribution < -0.4 is 0 Å². The smallest absolute Gasteiger partial charge is 0.0991 e. The number of rotatable bonds is 5. The summed E-state index contributed by atoms with van der Waals surface area (Å²) in [5.74, 6) is 0. The fourth-order valence-electron chi connectivity index (χ4n) is 2.91. The van der Waals surface area contributed by atoms with Gasteiger partial charge in [-0.1, -0.05) is 89.6 Å². The lowest BCUT2D eigenvalue weighted by Gasteiger charge is -2.07. The van der Waals surface area contributed by atoms with Crippen molar-refractivity contribution in [2.24, 2.45) is 0 Å². The van der Waals surface area contributed by atoms with E-state index in [9.17, 15) is 0 Å². The highest BCUT2D eigenvalue weighted by Gasteiger charge is 2.13. The first-order valence-corrected chi connectivity index (χ1v) is 11.6. The van der Waals surface area contributed by atoms with E-state index in [2.05, 4.69) is 62.4 Å². The number of hydrogen-bond acceptors (Lipinski definition) is 3. The summed E-state index contributed by atoms with van der Waals surface area (Å²) in [7, 11) is 3.25. The second-order valence-corrected chi connectivity index (χ2v) is 7.25. The molecule has 0 spiro atoms. The second-order valence-electron chi connectivity index (χ2n) is 7.25. The summed E-state index contributed by atoms with van der Waals surface area (Å²) >= 11 is 0. The SMILES string of the molecule is C=Cc1ccc(Cn2nc(C)c(-c3ccc(C#N)cc3)c2C)cc1.CC.CCCC.COC. The third kappa shape index (κ3) is 9.89. The number of aryl methyl sites for hydroxylation is 1. The molecule has 3 rings (SSSR count). The molecule has 0 radical (unpaired) electrons. The van der Waals surface area contributed by atoms with Gasteiger partial charge in [-0.25, -0.2) is 0 Å². The Morgan fingerprint density at radius 2 is 1.48 bits per heavy atom. The average Bonchev–Trinajstić information content (AvgIpc) is 3.14. The first-order valence-electron chi connectivity index (χ1n) is 11.6. The van der Waals surface area contributed by atoms with Crippen LogP contribution in [-0.2, 0) is 11.3 Å². The van der Waals surface area contributed by atoms with Crippen molar-refractivity contribution in [2.75, 3.05) is 14.2 Å². The maximum atomic E-state index is 8.94. The van der Waals surface area contributed by atoms with E-state index in [4.69, 9.17) is 10.4 Å². The van der Waals surface area contributed by atoms with Gasteiger partial charge in [0.2, 0.25) is 0 Å². The Labute approximate surface area is 201 Å². The molecule has 0 aliphatic carbocycles. The molecule has 33 heavy (non-hydrogen) atoms. The van der Waals surface area contributed by atoms with Crippen LogP contribution in [0, 0.1) is 25.2 Å². The minimum atomic E-state index is 0.670. The standard InChI is InChI=1S/C21H19N3.C4H10.C2H6O.C2H6/c1-4-17-5-7-19(8-6-17)14-24-16(3)21(15(2)23-24)20-11-9-18(13-22)10-12-20;1-3-4-2;1-3-2;1-2/h4-12H,1,14H2,2-3H3;3-4H2,1-2H3;1-2H3;1-2H3. The van der Waals surface area contributed by atoms with Crippen LogP contribution in [0.2, 0.25) is 0 Å². The summed E-state index contributed by atoms with van der Waals surface area (Å²) in [6.45, 7) is 17.0. The summed E-state index contributed by atoms with van der Waals surface area (Å²) in [4.78, 5) is 0. The Morgan fingerprint density at radius 1 is 0.970 bits per heavy atom. The van der Waals surface area contributed by atoms with Gasteiger partial charge in [-0.15, -0.1) is 0 Å². The zero-order valence-corrected chi connectivity index (χ0v) is 21.8. The molecule has 3 aromatic rings. The largest absolute Gasteiger partial charge is 0.388 e. The second kappa shape index (κ2) is 17.4. The lowest BCUT2D eigenvalue weighted by molar-refractivity contribution is 0.277. The fourth-order valence-corrected chi connectivity index (χ4v) is 2.91. The van der Waals surface area contributed by atoms with Crippen molar-refractivity contribution in [2.45, 2.75) is 60.9 Å². The van der Waals surface area contributed by atoms with Crippen molar-refractivity contribution < 1.29 is 4.74 Å². The van der Waals surface area contributed by atoms with Gasteiger partial charge < -0.3 is 4.74 Å². The third-order valence-corrected chi connectivity index (χ3v) is 4.73. The van der Waals surface area contributed by atoms with Gasteiger partial charge in [-0.3, -0.25) is 4.68 Å². The molecule has 0 bridgehead atoms. The minimum Gasteiger partial charge on any atom is -0.388 e. The van der Waals surface area contributed by atoms with Crippen LogP contribution in [0.3, 0.4) is 0 Å². The normalized spacial score (nSPS) is 9.18. The van der Waals surface area contributed by atoms with Crippen LogP contribution in [-0.4, -0.2) is 24.0 Å². The molecule has 0 aliphatic rings. The lowest BCUT2D eigenvalue weighted by Crippen LogP contribution is -2.04. The molecule has 4 heteroatoms. The molecular weight excluding hydrogens is 406 g/mol. The van der Waals surface area contributed by atoms with Crippen molar-refractivity contribution in [3.63, 3.8) is 0 Å². The number of nitrogens with zero attached hydrogens (tertiary/aromatic N) is 3. The van der Waals surface area contributed by atoms with Crippen molar-refractivity contribution in [3.05, 3.63) is 83.2 Å². The van der Waals surface area contributed by atoms with Crippen LogP contribution in [0.5, 0.6) is 0 Å². The molecule has 0 saturated carbocycles. The van der Waals surface area contributed by atoms with Gasteiger partial charge in [0.1, 0.15) is 0 Å². The average molecular weight is 448 g/mol. The summed E-state index contributed by atoms with van der Waals surface area (Å²) in [5, 5.41) is 13.6. The number of methoxy groups -OCH3 is 1. The molecule has 0 amide bonds. The summed E-state index contributed by atoms with van der Waals surface area (Å²) in [6, 6.07) is 18.2. The number of benzene rings is 2. The molecule has 0 unspecified atom stereocenters. The first kappa shape index (κ1) is 29.8. The van der Waals surface area contributed by atoms with E-state index >= 15 is 0 Å². The summed E-state index contributed by atoms with van der Waals surface area (Å²) < 4.78 is 6.28. The lowest BCUT2D eigenvalue weighted by atomic mass is 10.0. The fraction of sp³-hybridized carbons (Fsp3) is 0.379. The molecule has 0 N–H and O–H groups in total. The van der Waals surface area contributed by atoms with Gasteiger partial charge in [-0.2, -0.15) is 10.4 Å². The Bertz CT molecular complexity index is 960. The highest BCUT2D eigenvalue weighted by Crippen LogP contribution is 2.27. The van der Waals surface area contributed by atoms with Gasteiger partial charge in [0.15, 0.2) is 0 Å². The predicted octanol–water partition coefficient (Wildman–Crippen LogP) is 7.83. The first-order chi connectivity index (χ1) is 15.9. The highest BCUT2D eigenvalue weighted by molar-refractivity contribution is 5.69. The van der Waals surface area contributed by atoms with Crippen LogP contribution in [0.4, 0.5) is 0 Å². The number of aromatic nitrogens is 2. The number of hydrogen-bond donors (Lipinski definition) is 0. The zero-order valence-electron chi connectivity index (χ0n) is 21.8. The van der Waals surface area contributed by atoms with E-state index in [0.29, 0.717) is 5.56 Å². The van der Waals surface area contributed by atoms with E-state index in [1.165, 1.54) is 18.4 Å². The molecule has 0 aliphatic heterocycles. The molecule has 0 fully saturated rings. The van der Waals surface area contributed by atoms with Gasteiger partial charge >= 0.3 is 0 Å². The van der Waals surface area contributed by atoms with Gasteiger partial charge in [-0.05, 0) is 42.7 Å². The zero-order chi connectivity index (χ0) is 25.2. The highest BCUT2D eigenvalue weighted by atomic mass is 16.4. The third-order valence-electron chi connectivity index (χ3n) is 4.73. The Morgan fingerprint density at radius 3 is 1.91 bits per heavy atom. The number of unbranched alkanes of at least 4 members (excludes halogenated alkanes) is 1. The topological polar surface area (TPSA) is 50.8 Å². The van der Waals surface area contributed by atoms with Crippen LogP contribution in [0.15, 0.2) is 55.1 Å². The van der Waals surface area contributed by atoms with E-state index in [-0.39, 0.29) is 0 Å².